The molecular weight excluding hydrogens is 347 g/mol. The second-order valence-electron chi connectivity index (χ2n) is 5.85. The van der Waals surface area contributed by atoms with Gasteiger partial charge in [0.25, 0.3) is 0 Å². The lowest BCUT2D eigenvalue weighted by atomic mass is 10.1. The number of pyridine rings is 1. The Morgan fingerprint density at radius 3 is 2.73 bits per heavy atom. The van der Waals surface area contributed by atoms with E-state index in [2.05, 4.69) is 10.3 Å². The van der Waals surface area contributed by atoms with Gasteiger partial charge < -0.3 is 14.5 Å². The van der Waals surface area contributed by atoms with Gasteiger partial charge in [0.15, 0.2) is 0 Å². The summed E-state index contributed by atoms with van der Waals surface area (Å²) in [6.07, 6.45) is -2.46. The highest BCUT2D eigenvalue weighted by Gasteiger charge is 2.31. The quantitative estimate of drug-likeness (QED) is 0.756. The molecule has 0 saturated heterocycles. The fourth-order valence-corrected chi connectivity index (χ4v) is 2.56. The molecule has 0 spiro atoms. The Morgan fingerprint density at radius 2 is 2.04 bits per heavy atom. The topological polar surface area (TPSA) is 55.6 Å². The summed E-state index contributed by atoms with van der Waals surface area (Å²) in [5.41, 5.74) is 3.24. The van der Waals surface area contributed by atoms with Crippen LogP contribution in [0.25, 0.3) is 16.9 Å². The molecule has 0 aliphatic rings. The van der Waals surface area contributed by atoms with E-state index in [1.807, 2.05) is 29.7 Å². The van der Waals surface area contributed by atoms with Crippen molar-refractivity contribution in [2.45, 2.75) is 19.5 Å². The van der Waals surface area contributed by atoms with Gasteiger partial charge in [-0.25, -0.2) is 4.98 Å². The van der Waals surface area contributed by atoms with E-state index in [9.17, 15) is 18.0 Å². The highest BCUT2D eigenvalue weighted by molar-refractivity contribution is 5.93. The molecule has 0 unspecified atom stereocenters. The number of imidazole rings is 1. The maximum atomic E-state index is 12.4. The molecule has 26 heavy (non-hydrogen) atoms. The molecule has 2 aromatic heterocycles. The molecule has 0 bridgehead atoms. The summed E-state index contributed by atoms with van der Waals surface area (Å²) in [6, 6.07) is 8.71. The SMILES string of the molecule is COc1ccc(-c2cn3ccc(C)cc3n2)cc1NC(=O)CC(F)(F)F. The summed E-state index contributed by atoms with van der Waals surface area (Å²) in [5.74, 6) is -0.887. The van der Waals surface area contributed by atoms with Crippen LogP contribution in [0.15, 0.2) is 42.7 Å². The number of hydrogen-bond donors (Lipinski definition) is 1. The van der Waals surface area contributed by atoms with E-state index in [1.165, 1.54) is 7.11 Å². The van der Waals surface area contributed by atoms with E-state index in [1.54, 1.807) is 24.4 Å². The van der Waals surface area contributed by atoms with Crippen molar-refractivity contribution in [3.8, 4) is 17.0 Å². The number of nitrogens with zero attached hydrogens (tertiary/aromatic N) is 2. The molecule has 1 N–H and O–H groups in total. The van der Waals surface area contributed by atoms with Gasteiger partial charge in [-0.05, 0) is 42.8 Å². The molecule has 136 valence electrons. The Balaban J connectivity index is 1.94. The molecule has 0 saturated carbocycles. The molecule has 0 aliphatic carbocycles. The number of fused-ring (bicyclic) bond motifs is 1. The van der Waals surface area contributed by atoms with Crippen molar-refractivity contribution >= 4 is 17.2 Å². The van der Waals surface area contributed by atoms with Crippen LogP contribution in [-0.4, -0.2) is 28.6 Å². The number of carbonyl (C=O) groups is 1. The monoisotopic (exact) mass is 363 g/mol. The van der Waals surface area contributed by atoms with Gasteiger partial charge in [0.2, 0.25) is 5.91 Å². The first-order chi connectivity index (χ1) is 12.2. The van der Waals surface area contributed by atoms with E-state index in [4.69, 9.17) is 4.74 Å². The number of nitrogens with one attached hydrogen (secondary N) is 1. The number of halogens is 3. The molecule has 1 aromatic carbocycles. The Kier molecular flexibility index (Phi) is 4.58. The van der Waals surface area contributed by atoms with Crippen LogP contribution in [0.4, 0.5) is 18.9 Å². The summed E-state index contributed by atoms with van der Waals surface area (Å²) in [5, 5.41) is 2.25. The summed E-state index contributed by atoms with van der Waals surface area (Å²) in [7, 11) is 1.38. The largest absolute Gasteiger partial charge is 0.495 e. The second kappa shape index (κ2) is 6.70. The van der Waals surface area contributed by atoms with Crippen LogP contribution in [0.3, 0.4) is 0 Å². The summed E-state index contributed by atoms with van der Waals surface area (Å²) < 4.78 is 44.1. The first-order valence-corrected chi connectivity index (χ1v) is 7.75. The molecule has 5 nitrogen and oxygen atoms in total. The van der Waals surface area contributed by atoms with Gasteiger partial charge in [0.05, 0.1) is 18.5 Å². The molecule has 0 aliphatic heterocycles. The second-order valence-corrected chi connectivity index (χ2v) is 5.85. The zero-order valence-electron chi connectivity index (χ0n) is 14.1. The number of aryl methyl sites for hydroxylation is 1. The van der Waals surface area contributed by atoms with Gasteiger partial charge in [0, 0.05) is 18.0 Å². The molecular formula is C18H16F3N3O2. The van der Waals surface area contributed by atoms with Crippen molar-refractivity contribution in [2.24, 2.45) is 0 Å². The lowest BCUT2D eigenvalue weighted by Crippen LogP contribution is -2.21. The normalized spacial score (nSPS) is 11.6. The zero-order chi connectivity index (χ0) is 18.9. The van der Waals surface area contributed by atoms with Gasteiger partial charge in [-0.2, -0.15) is 13.2 Å². The smallest absolute Gasteiger partial charge is 0.397 e. The van der Waals surface area contributed by atoms with Gasteiger partial charge in [-0.3, -0.25) is 4.79 Å². The maximum absolute atomic E-state index is 12.4. The van der Waals surface area contributed by atoms with Gasteiger partial charge in [-0.1, -0.05) is 0 Å². The van der Waals surface area contributed by atoms with E-state index < -0.39 is 18.5 Å². The molecule has 3 aromatic rings. The lowest BCUT2D eigenvalue weighted by Gasteiger charge is -2.12. The van der Waals surface area contributed by atoms with Crippen LogP contribution >= 0.6 is 0 Å². The minimum atomic E-state index is -4.58. The number of alkyl halides is 3. The van der Waals surface area contributed by atoms with Gasteiger partial charge in [-0.15, -0.1) is 0 Å². The van der Waals surface area contributed by atoms with Crippen LogP contribution < -0.4 is 10.1 Å². The van der Waals surface area contributed by atoms with Crippen LogP contribution in [0.1, 0.15) is 12.0 Å². The third kappa shape index (κ3) is 3.96. The predicted molar refractivity (Wildman–Crippen MR) is 91.2 cm³/mol. The number of methoxy groups -OCH3 is 1. The highest BCUT2D eigenvalue weighted by Crippen LogP contribution is 2.31. The Hall–Kier alpha value is -3.03. The first-order valence-electron chi connectivity index (χ1n) is 7.75. The molecule has 8 heteroatoms. The minimum Gasteiger partial charge on any atom is -0.495 e. The van der Waals surface area contributed by atoms with E-state index >= 15 is 0 Å². The third-order valence-electron chi connectivity index (χ3n) is 3.75. The fraction of sp³-hybridized carbons (Fsp3) is 0.222. The third-order valence-corrected chi connectivity index (χ3v) is 3.75. The number of amides is 1. The highest BCUT2D eigenvalue weighted by atomic mass is 19.4. The zero-order valence-corrected chi connectivity index (χ0v) is 14.1. The molecule has 1 amide bonds. The van der Waals surface area contributed by atoms with E-state index in [0.717, 1.165) is 11.2 Å². The average Bonchev–Trinajstić information content (AvgIpc) is 2.96. The molecule has 2 heterocycles. The number of rotatable bonds is 4. The molecule has 0 atom stereocenters. The standard InChI is InChI=1S/C18H16F3N3O2/c1-11-5-6-24-10-14(22-16(24)7-11)12-3-4-15(26-2)13(8-12)23-17(25)9-18(19,20)21/h3-8,10H,9H2,1-2H3,(H,23,25). The first kappa shape index (κ1) is 17.8. The minimum absolute atomic E-state index is 0.160. The van der Waals surface area contributed by atoms with Gasteiger partial charge >= 0.3 is 6.18 Å². The van der Waals surface area contributed by atoms with E-state index in [-0.39, 0.29) is 11.4 Å². The Morgan fingerprint density at radius 1 is 1.27 bits per heavy atom. The molecule has 0 radical (unpaired) electrons. The van der Waals surface area contributed by atoms with Crippen molar-refractivity contribution in [3.63, 3.8) is 0 Å². The number of benzene rings is 1. The average molecular weight is 363 g/mol. The predicted octanol–water partition coefficient (Wildman–Crippen LogP) is 4.21. The lowest BCUT2D eigenvalue weighted by molar-refractivity contribution is -0.150. The summed E-state index contributed by atoms with van der Waals surface area (Å²) in [4.78, 5) is 16.1. The Labute approximate surface area is 147 Å². The Bertz CT molecular complexity index is 964. The van der Waals surface area contributed by atoms with Crippen molar-refractivity contribution < 1.29 is 22.7 Å². The maximum Gasteiger partial charge on any atom is 0.397 e. The van der Waals surface area contributed by atoms with E-state index in [0.29, 0.717) is 11.3 Å². The number of aromatic nitrogens is 2. The van der Waals surface area contributed by atoms with Crippen LogP contribution in [0, 0.1) is 6.92 Å². The van der Waals surface area contributed by atoms with Crippen molar-refractivity contribution in [1.82, 2.24) is 9.38 Å². The van der Waals surface area contributed by atoms with Gasteiger partial charge in [0.1, 0.15) is 17.8 Å². The number of hydrogen-bond acceptors (Lipinski definition) is 3. The van der Waals surface area contributed by atoms with Crippen LogP contribution in [0.5, 0.6) is 5.75 Å². The van der Waals surface area contributed by atoms with Crippen molar-refractivity contribution in [2.75, 3.05) is 12.4 Å². The summed E-state index contributed by atoms with van der Waals surface area (Å²) >= 11 is 0. The van der Waals surface area contributed by atoms with Crippen molar-refractivity contribution in [3.05, 3.63) is 48.3 Å². The number of anilines is 1. The fourth-order valence-electron chi connectivity index (χ4n) is 2.56. The molecule has 3 rings (SSSR count). The molecule has 0 fully saturated rings. The number of ether oxygens (including phenoxy) is 1. The summed E-state index contributed by atoms with van der Waals surface area (Å²) in [6.45, 7) is 1.95. The van der Waals surface area contributed by atoms with Crippen LogP contribution in [0.2, 0.25) is 0 Å². The van der Waals surface area contributed by atoms with Crippen LogP contribution in [-0.2, 0) is 4.79 Å². The number of carbonyl (C=O) groups excluding carboxylic acids is 1. The van der Waals surface area contributed by atoms with Crippen molar-refractivity contribution in [1.29, 1.82) is 0 Å².